The van der Waals surface area contributed by atoms with Gasteiger partial charge in [-0.15, -0.1) is 0 Å². The first kappa shape index (κ1) is 22.0. The van der Waals surface area contributed by atoms with Crippen molar-refractivity contribution in [2.75, 3.05) is 52.9 Å². The molecule has 0 heterocycles. The van der Waals surface area contributed by atoms with Crippen LogP contribution in [0.15, 0.2) is 12.8 Å². The first-order chi connectivity index (χ1) is 11.6. The molecule has 0 amide bonds. The van der Waals surface area contributed by atoms with Crippen molar-refractivity contribution in [1.29, 1.82) is 0 Å². The Morgan fingerprint density at radius 1 is 0.792 bits per heavy atom. The number of hydrogen-bond acceptors (Lipinski definition) is 8. The third-order valence-electron chi connectivity index (χ3n) is 2.49. The number of carboxylic acid groups (broad SMARTS) is 1. The lowest BCUT2D eigenvalue weighted by Gasteiger charge is -2.07. The third-order valence-corrected chi connectivity index (χ3v) is 2.49. The van der Waals surface area contributed by atoms with Gasteiger partial charge in [-0.25, -0.2) is 4.79 Å². The third kappa shape index (κ3) is 14.9. The summed E-state index contributed by atoms with van der Waals surface area (Å²) in [6.07, 6.45) is 0.723. The van der Waals surface area contributed by atoms with E-state index in [-0.39, 0.29) is 26.1 Å². The summed E-state index contributed by atoms with van der Waals surface area (Å²) >= 11 is 0. The van der Waals surface area contributed by atoms with Crippen LogP contribution < -0.4 is 0 Å². The van der Waals surface area contributed by atoms with E-state index in [1.54, 1.807) is 0 Å². The molecule has 24 heavy (non-hydrogen) atoms. The fourth-order valence-electron chi connectivity index (χ4n) is 1.34. The van der Waals surface area contributed by atoms with E-state index in [0.29, 0.717) is 39.6 Å². The summed E-state index contributed by atoms with van der Waals surface area (Å²) in [5, 5.41) is 8.34. The number of hydrogen-bond donors (Lipinski definition) is 1. The maximum Gasteiger partial charge on any atom is 0.372 e. The molecule has 0 aromatic carbocycles. The maximum atomic E-state index is 11.2. The number of carbonyl (C=O) groups is 3. The lowest BCUT2D eigenvalue weighted by atomic mass is 10.2. The van der Waals surface area contributed by atoms with Crippen molar-refractivity contribution in [2.45, 2.75) is 12.8 Å². The normalized spacial score (nSPS) is 10.2. The van der Waals surface area contributed by atoms with Gasteiger partial charge >= 0.3 is 11.9 Å². The molecule has 0 rings (SSSR count). The molecule has 0 aliphatic heterocycles. The first-order valence-corrected chi connectivity index (χ1v) is 7.45. The highest BCUT2D eigenvalue weighted by Crippen LogP contribution is 1.95. The van der Waals surface area contributed by atoms with Crippen molar-refractivity contribution < 1.29 is 43.2 Å². The Bertz CT molecular complexity index is 381. The quantitative estimate of drug-likeness (QED) is 0.170. The molecule has 0 bridgehead atoms. The molecule has 9 heteroatoms. The van der Waals surface area contributed by atoms with Gasteiger partial charge in [-0.2, -0.15) is 0 Å². The molecule has 0 unspecified atom stereocenters. The molecule has 1 N–H and O–H groups in total. The number of ether oxygens (including phenoxy) is 5. The monoisotopic (exact) mass is 348 g/mol. The molecule has 0 saturated heterocycles. The number of rotatable bonds is 17. The van der Waals surface area contributed by atoms with E-state index in [1.807, 2.05) is 0 Å². The van der Waals surface area contributed by atoms with Gasteiger partial charge in [0.25, 0.3) is 0 Å². The zero-order valence-electron chi connectivity index (χ0n) is 13.6. The van der Waals surface area contributed by atoms with Gasteiger partial charge in [0.05, 0.1) is 52.3 Å². The van der Waals surface area contributed by atoms with Crippen LogP contribution in [0.2, 0.25) is 0 Å². The van der Waals surface area contributed by atoms with Crippen molar-refractivity contribution >= 4 is 17.7 Å². The van der Waals surface area contributed by atoms with E-state index >= 15 is 0 Å². The zero-order valence-corrected chi connectivity index (χ0v) is 13.6. The standard InChI is InChI=1S/C15H24O9/c1-2-20-5-6-21-7-8-22-9-10-23-11-12-24-14(17)4-3-13(16)15(18)19/h2H,1,3-12H2,(H,18,19). The van der Waals surface area contributed by atoms with Gasteiger partial charge in [-0.3, -0.25) is 9.59 Å². The summed E-state index contributed by atoms with van der Waals surface area (Å²) in [6, 6.07) is 0. The summed E-state index contributed by atoms with van der Waals surface area (Å²) in [7, 11) is 0. The summed E-state index contributed by atoms with van der Waals surface area (Å²) in [6.45, 7) is 6.16. The molecule has 0 fully saturated rings. The first-order valence-electron chi connectivity index (χ1n) is 7.45. The summed E-state index contributed by atoms with van der Waals surface area (Å²) in [5.74, 6) is -3.21. The van der Waals surface area contributed by atoms with Crippen LogP contribution in [0.5, 0.6) is 0 Å². The predicted octanol–water partition coefficient (Wildman–Crippen LogP) is 0.173. The van der Waals surface area contributed by atoms with Gasteiger partial charge in [0, 0.05) is 6.42 Å². The minimum absolute atomic E-state index is 0.0342. The largest absolute Gasteiger partial charge is 0.499 e. The number of carboxylic acids is 1. The molecular weight excluding hydrogens is 324 g/mol. The van der Waals surface area contributed by atoms with Crippen LogP contribution in [-0.4, -0.2) is 75.7 Å². The van der Waals surface area contributed by atoms with E-state index in [1.165, 1.54) is 6.26 Å². The number of aliphatic carboxylic acids is 1. The van der Waals surface area contributed by atoms with Crippen LogP contribution in [0.3, 0.4) is 0 Å². The molecule has 138 valence electrons. The van der Waals surface area contributed by atoms with Gasteiger partial charge in [0.15, 0.2) is 0 Å². The lowest BCUT2D eigenvalue weighted by molar-refractivity contribution is -0.151. The highest BCUT2D eigenvalue weighted by atomic mass is 16.6. The molecule has 0 radical (unpaired) electrons. The Balaban J connectivity index is 3.24. The van der Waals surface area contributed by atoms with Gasteiger partial charge in [-0.05, 0) is 0 Å². The van der Waals surface area contributed by atoms with Crippen molar-refractivity contribution in [2.24, 2.45) is 0 Å². The van der Waals surface area contributed by atoms with E-state index in [0.717, 1.165) is 0 Å². The van der Waals surface area contributed by atoms with Crippen LogP contribution in [-0.2, 0) is 38.1 Å². The molecular formula is C15H24O9. The number of Topliss-reactive ketones (excluding diaryl/α,β-unsaturated/α-hetero) is 1. The summed E-state index contributed by atoms with van der Waals surface area (Å²) in [5.41, 5.74) is 0. The van der Waals surface area contributed by atoms with Crippen molar-refractivity contribution in [3.63, 3.8) is 0 Å². The number of carbonyl (C=O) groups excluding carboxylic acids is 2. The van der Waals surface area contributed by atoms with Gasteiger partial charge in [-0.1, -0.05) is 6.58 Å². The maximum absolute atomic E-state index is 11.2. The Kier molecular flexibility index (Phi) is 14.6. The zero-order chi connectivity index (χ0) is 18.0. The summed E-state index contributed by atoms with van der Waals surface area (Å²) in [4.78, 5) is 32.2. The Labute approximate surface area is 140 Å². The van der Waals surface area contributed by atoms with Gasteiger partial charge in [0.1, 0.15) is 13.2 Å². The highest BCUT2D eigenvalue weighted by molar-refractivity contribution is 6.32. The molecule has 0 aliphatic rings. The Hall–Kier alpha value is -1.97. The van der Waals surface area contributed by atoms with E-state index < -0.39 is 17.7 Å². The fourth-order valence-corrected chi connectivity index (χ4v) is 1.34. The van der Waals surface area contributed by atoms with Crippen molar-refractivity contribution in [3.8, 4) is 0 Å². The topological polar surface area (TPSA) is 118 Å². The minimum atomic E-state index is -1.55. The van der Waals surface area contributed by atoms with E-state index in [2.05, 4.69) is 6.58 Å². The van der Waals surface area contributed by atoms with E-state index in [9.17, 15) is 14.4 Å². The molecule has 0 aromatic rings. The van der Waals surface area contributed by atoms with Crippen LogP contribution in [0.4, 0.5) is 0 Å². The predicted molar refractivity (Wildman–Crippen MR) is 81.4 cm³/mol. The Morgan fingerprint density at radius 3 is 1.79 bits per heavy atom. The second kappa shape index (κ2) is 15.9. The lowest BCUT2D eigenvalue weighted by Crippen LogP contribution is -2.17. The molecule has 0 aromatic heterocycles. The SMILES string of the molecule is C=COCCOCCOCCOCCOC(=O)CCC(=O)C(=O)O. The number of ketones is 1. The van der Waals surface area contributed by atoms with Crippen LogP contribution in [0.1, 0.15) is 12.8 Å². The van der Waals surface area contributed by atoms with Crippen molar-refractivity contribution in [1.82, 2.24) is 0 Å². The average molecular weight is 348 g/mol. The average Bonchev–Trinajstić information content (AvgIpc) is 2.56. The molecule has 0 atom stereocenters. The van der Waals surface area contributed by atoms with Gasteiger partial charge < -0.3 is 28.8 Å². The molecule has 0 saturated carbocycles. The fraction of sp³-hybridized carbons (Fsp3) is 0.667. The van der Waals surface area contributed by atoms with Crippen molar-refractivity contribution in [3.05, 3.63) is 12.8 Å². The smallest absolute Gasteiger partial charge is 0.372 e. The number of esters is 1. The second-order valence-electron chi connectivity index (χ2n) is 4.32. The molecule has 0 spiro atoms. The summed E-state index contributed by atoms with van der Waals surface area (Å²) < 4.78 is 25.3. The second-order valence-corrected chi connectivity index (χ2v) is 4.32. The highest BCUT2D eigenvalue weighted by Gasteiger charge is 2.13. The van der Waals surface area contributed by atoms with Gasteiger partial charge in [0.2, 0.25) is 5.78 Å². The van der Waals surface area contributed by atoms with Crippen LogP contribution >= 0.6 is 0 Å². The van der Waals surface area contributed by atoms with E-state index in [4.69, 9.17) is 28.8 Å². The minimum Gasteiger partial charge on any atom is -0.499 e. The Morgan fingerprint density at radius 2 is 1.29 bits per heavy atom. The van der Waals surface area contributed by atoms with Crippen LogP contribution in [0.25, 0.3) is 0 Å². The molecule has 9 nitrogen and oxygen atoms in total. The molecule has 0 aliphatic carbocycles. The van der Waals surface area contributed by atoms with Crippen LogP contribution in [0, 0.1) is 0 Å².